The zero-order valence-electron chi connectivity index (χ0n) is 19.7. The minimum absolute atomic E-state index is 0.0371. The Morgan fingerprint density at radius 3 is 2.37 bits per heavy atom. The zero-order valence-corrected chi connectivity index (χ0v) is 19.7. The van der Waals surface area contributed by atoms with E-state index in [1.54, 1.807) is 39.0 Å². The monoisotopic (exact) mass is 486 g/mol. The number of ether oxygens (including phenoxy) is 1. The molecule has 0 saturated carbocycles. The second-order valence-corrected chi connectivity index (χ2v) is 8.86. The average molecular weight is 486 g/mol. The third-order valence-corrected chi connectivity index (χ3v) is 4.98. The number of halogens is 3. The van der Waals surface area contributed by atoms with Crippen molar-refractivity contribution in [1.82, 2.24) is 9.88 Å². The lowest BCUT2D eigenvalue weighted by molar-refractivity contribution is -0.137. The van der Waals surface area contributed by atoms with Crippen LogP contribution in [0.4, 0.5) is 18.0 Å². The van der Waals surface area contributed by atoms with Crippen LogP contribution in [0.3, 0.4) is 0 Å². The fourth-order valence-electron chi connectivity index (χ4n) is 3.14. The Kier molecular flexibility index (Phi) is 7.48. The normalized spacial score (nSPS) is 12.1. The molecule has 35 heavy (non-hydrogen) atoms. The number of hydrogen-bond acceptors (Lipinski definition) is 5. The predicted octanol–water partition coefficient (Wildman–Crippen LogP) is 6.76. The number of aromatic nitrogens is 1. The first kappa shape index (κ1) is 25.7. The van der Waals surface area contributed by atoms with Gasteiger partial charge in [0.15, 0.2) is 12.0 Å². The van der Waals surface area contributed by atoms with Crippen LogP contribution in [0.1, 0.15) is 60.6 Å². The van der Waals surface area contributed by atoms with Gasteiger partial charge in [-0.2, -0.15) is 18.2 Å². The number of benzene rings is 2. The largest absolute Gasteiger partial charge is 0.444 e. The first-order valence-electron chi connectivity index (χ1n) is 10.7. The van der Waals surface area contributed by atoms with Crippen LogP contribution in [0.15, 0.2) is 65.4 Å². The molecule has 1 heterocycles. The average Bonchev–Trinajstić information content (AvgIpc) is 3.19. The van der Waals surface area contributed by atoms with Gasteiger partial charge in [-0.05, 0) is 63.1 Å². The molecular weight excluding hydrogens is 461 g/mol. The minimum Gasteiger partial charge on any atom is -0.444 e. The third-order valence-electron chi connectivity index (χ3n) is 4.98. The lowest BCUT2D eigenvalue weighted by Crippen LogP contribution is -2.43. The highest BCUT2D eigenvalue weighted by Crippen LogP contribution is 2.29. The summed E-state index contributed by atoms with van der Waals surface area (Å²) in [5, 5.41) is 0. The van der Waals surface area contributed by atoms with E-state index in [4.69, 9.17) is 9.15 Å². The molecule has 0 saturated heterocycles. The summed E-state index contributed by atoms with van der Waals surface area (Å²) in [6.07, 6.45) is -0.685. The van der Waals surface area contributed by atoms with Crippen LogP contribution in [-0.2, 0) is 12.6 Å². The molecule has 0 spiro atoms. The van der Waals surface area contributed by atoms with Crippen LogP contribution in [-0.4, -0.2) is 27.3 Å². The van der Waals surface area contributed by atoms with E-state index in [0.29, 0.717) is 23.4 Å². The summed E-state index contributed by atoms with van der Waals surface area (Å²) in [6, 6.07) is 11.6. The Morgan fingerprint density at radius 2 is 1.77 bits per heavy atom. The molecular formula is C26H25F3N2O4. The molecule has 3 aromatic rings. The maximum absolute atomic E-state index is 12.8. The van der Waals surface area contributed by atoms with Gasteiger partial charge in [-0.1, -0.05) is 30.3 Å². The van der Waals surface area contributed by atoms with Crippen molar-refractivity contribution in [2.45, 2.75) is 45.8 Å². The number of amides is 1. The van der Waals surface area contributed by atoms with Crippen molar-refractivity contribution in [2.75, 3.05) is 0 Å². The van der Waals surface area contributed by atoms with E-state index in [1.165, 1.54) is 42.5 Å². The van der Waals surface area contributed by atoms with E-state index in [-0.39, 0.29) is 11.7 Å². The minimum atomic E-state index is -4.42. The van der Waals surface area contributed by atoms with Crippen LogP contribution in [0.25, 0.3) is 6.08 Å². The Labute approximate surface area is 201 Å². The van der Waals surface area contributed by atoms with Crippen molar-refractivity contribution in [3.05, 3.63) is 89.1 Å². The number of rotatable bonds is 6. The fraction of sp³-hybridized carbons (Fsp3) is 0.269. The van der Waals surface area contributed by atoms with Crippen molar-refractivity contribution in [1.29, 1.82) is 0 Å². The summed E-state index contributed by atoms with van der Waals surface area (Å²) in [5.41, 5.74) is 0.418. The van der Waals surface area contributed by atoms with Crippen LogP contribution in [0.2, 0.25) is 0 Å². The number of Topliss-reactive ketones (excluding diaryl/α,β-unsaturated/α-hetero) is 1. The van der Waals surface area contributed by atoms with E-state index >= 15 is 0 Å². The molecule has 0 atom stereocenters. The SMILES string of the molecule is CC(=O)c1cccc(Cc2nc(OC(=O)N(C=Cc3ccc(C(F)(F)F)cc3)C(C)(C)C)co2)c1. The molecule has 0 aliphatic carbocycles. The van der Waals surface area contributed by atoms with Gasteiger partial charge in [0, 0.05) is 23.7 Å². The van der Waals surface area contributed by atoms with E-state index in [9.17, 15) is 22.8 Å². The highest BCUT2D eigenvalue weighted by atomic mass is 19.4. The number of hydrogen-bond donors (Lipinski definition) is 0. The predicted molar refractivity (Wildman–Crippen MR) is 124 cm³/mol. The van der Waals surface area contributed by atoms with E-state index in [2.05, 4.69) is 4.98 Å². The summed E-state index contributed by atoms with van der Waals surface area (Å²) in [5.74, 6) is 0.210. The van der Waals surface area contributed by atoms with Gasteiger partial charge in [-0.3, -0.25) is 9.69 Å². The Bertz CT molecular complexity index is 1220. The van der Waals surface area contributed by atoms with Crippen LogP contribution < -0.4 is 4.74 Å². The molecule has 0 aliphatic heterocycles. The Morgan fingerprint density at radius 1 is 1.09 bits per heavy atom. The summed E-state index contributed by atoms with van der Waals surface area (Å²) >= 11 is 0. The van der Waals surface area contributed by atoms with Crippen molar-refractivity contribution in [2.24, 2.45) is 0 Å². The molecule has 6 nitrogen and oxygen atoms in total. The molecule has 1 aromatic heterocycles. The van der Waals surface area contributed by atoms with Crippen LogP contribution in [0.5, 0.6) is 5.88 Å². The van der Waals surface area contributed by atoms with Gasteiger partial charge in [0.1, 0.15) is 0 Å². The van der Waals surface area contributed by atoms with Gasteiger partial charge in [0.2, 0.25) is 5.89 Å². The molecule has 0 radical (unpaired) electrons. The number of oxazole rings is 1. The fourth-order valence-corrected chi connectivity index (χ4v) is 3.14. The molecule has 0 bridgehead atoms. The molecule has 0 aliphatic rings. The maximum Gasteiger partial charge on any atom is 0.421 e. The molecule has 9 heteroatoms. The standard InChI is InChI=1S/C26H25F3N2O4/c1-17(32)20-7-5-6-19(14-20)15-22-30-23(16-34-22)35-24(33)31(25(2,3)4)13-12-18-8-10-21(11-9-18)26(27,28)29/h5-14,16H,15H2,1-4H3. The van der Waals surface area contributed by atoms with Crippen LogP contribution >= 0.6 is 0 Å². The summed E-state index contributed by atoms with van der Waals surface area (Å²) in [6.45, 7) is 6.82. The molecule has 184 valence electrons. The number of carbonyl (C=O) groups excluding carboxylic acids is 2. The van der Waals surface area contributed by atoms with Crippen molar-refractivity contribution in [3.8, 4) is 5.88 Å². The molecule has 0 fully saturated rings. The van der Waals surface area contributed by atoms with Gasteiger partial charge >= 0.3 is 12.3 Å². The maximum atomic E-state index is 12.8. The summed E-state index contributed by atoms with van der Waals surface area (Å²) in [4.78, 5) is 29.9. The molecule has 2 aromatic carbocycles. The summed E-state index contributed by atoms with van der Waals surface area (Å²) in [7, 11) is 0. The van der Waals surface area contributed by atoms with Gasteiger partial charge in [0.25, 0.3) is 5.88 Å². The first-order chi connectivity index (χ1) is 16.3. The van der Waals surface area contributed by atoms with Gasteiger partial charge in [0.05, 0.1) is 5.56 Å². The number of ketones is 1. The second kappa shape index (κ2) is 10.2. The quantitative estimate of drug-likeness (QED) is 0.360. The first-order valence-corrected chi connectivity index (χ1v) is 10.7. The smallest absolute Gasteiger partial charge is 0.421 e. The molecule has 3 rings (SSSR count). The van der Waals surface area contributed by atoms with Gasteiger partial charge < -0.3 is 9.15 Å². The number of nitrogens with zero attached hydrogens (tertiary/aromatic N) is 2. The van der Waals surface area contributed by atoms with Crippen LogP contribution in [0, 0.1) is 0 Å². The topological polar surface area (TPSA) is 72.6 Å². The van der Waals surface area contributed by atoms with Crippen molar-refractivity contribution < 1.29 is 31.9 Å². The van der Waals surface area contributed by atoms with E-state index in [1.807, 2.05) is 6.07 Å². The number of alkyl halides is 3. The Balaban J connectivity index is 1.70. The third kappa shape index (κ3) is 7.05. The zero-order chi connectivity index (χ0) is 25.8. The van der Waals surface area contributed by atoms with Gasteiger partial charge in [-0.25, -0.2) is 4.79 Å². The second-order valence-electron chi connectivity index (χ2n) is 8.86. The van der Waals surface area contributed by atoms with E-state index in [0.717, 1.165) is 17.7 Å². The molecule has 1 amide bonds. The van der Waals surface area contributed by atoms with Gasteiger partial charge in [-0.15, -0.1) is 0 Å². The molecule has 0 N–H and O–H groups in total. The lowest BCUT2D eigenvalue weighted by Gasteiger charge is -2.31. The summed E-state index contributed by atoms with van der Waals surface area (Å²) < 4.78 is 49.1. The highest BCUT2D eigenvalue weighted by molar-refractivity contribution is 5.94. The highest BCUT2D eigenvalue weighted by Gasteiger charge is 2.30. The van der Waals surface area contributed by atoms with Crippen molar-refractivity contribution >= 4 is 18.0 Å². The van der Waals surface area contributed by atoms with E-state index < -0.39 is 23.4 Å². The molecule has 0 unspecified atom stereocenters. The van der Waals surface area contributed by atoms with Crippen molar-refractivity contribution in [3.63, 3.8) is 0 Å². The number of carbonyl (C=O) groups is 2. The lowest BCUT2D eigenvalue weighted by atomic mass is 10.1. The Hall–Kier alpha value is -3.88.